The van der Waals surface area contributed by atoms with E-state index in [-0.39, 0.29) is 6.17 Å². The standard InChI is InChI=1S/C13H16F5NO3Si/c1-4-23(5-2,21-3)6-19-13(20)22-12-10(17)8(15)7(14)9(16)11(12)18/h4-6H2,1-3H3,(H,19,20). The molecule has 0 saturated heterocycles. The van der Waals surface area contributed by atoms with E-state index in [1.807, 2.05) is 13.8 Å². The molecule has 0 aliphatic rings. The molecule has 0 aliphatic heterocycles. The zero-order valence-electron chi connectivity index (χ0n) is 12.7. The van der Waals surface area contributed by atoms with Gasteiger partial charge >= 0.3 is 6.09 Å². The number of carbonyl (C=O) groups excluding carboxylic acids is 1. The number of carbonyl (C=O) groups is 1. The molecule has 0 atom stereocenters. The van der Waals surface area contributed by atoms with Crippen LogP contribution in [0.2, 0.25) is 12.1 Å². The number of hydrogen-bond donors (Lipinski definition) is 1. The lowest BCUT2D eigenvalue weighted by Gasteiger charge is -2.27. The Morgan fingerprint density at radius 3 is 1.78 bits per heavy atom. The van der Waals surface area contributed by atoms with Gasteiger partial charge in [0.15, 0.2) is 0 Å². The number of benzene rings is 1. The second-order valence-corrected chi connectivity index (χ2v) is 9.28. The molecule has 130 valence electrons. The number of hydrogen-bond acceptors (Lipinski definition) is 3. The van der Waals surface area contributed by atoms with Gasteiger partial charge in [-0.3, -0.25) is 0 Å². The first-order valence-electron chi connectivity index (χ1n) is 6.75. The molecule has 0 aliphatic carbocycles. The second-order valence-electron chi connectivity index (χ2n) is 4.74. The van der Waals surface area contributed by atoms with Gasteiger partial charge in [-0.05, 0) is 12.1 Å². The molecule has 23 heavy (non-hydrogen) atoms. The van der Waals surface area contributed by atoms with Crippen molar-refractivity contribution in [2.75, 3.05) is 13.3 Å². The monoisotopic (exact) mass is 357 g/mol. The molecule has 0 fully saturated rings. The van der Waals surface area contributed by atoms with Crippen molar-refractivity contribution in [1.82, 2.24) is 5.32 Å². The van der Waals surface area contributed by atoms with Gasteiger partial charge in [0, 0.05) is 13.3 Å². The van der Waals surface area contributed by atoms with E-state index in [4.69, 9.17) is 4.43 Å². The second kappa shape index (κ2) is 7.73. The first-order chi connectivity index (χ1) is 10.7. The summed E-state index contributed by atoms with van der Waals surface area (Å²) in [5.74, 6) is -12.8. The summed E-state index contributed by atoms with van der Waals surface area (Å²) in [5.41, 5.74) is 0. The molecule has 1 aromatic rings. The first kappa shape index (κ1) is 19.4. The number of halogens is 5. The Hall–Kier alpha value is -1.68. The van der Waals surface area contributed by atoms with Crippen molar-refractivity contribution in [3.8, 4) is 5.75 Å². The lowest BCUT2D eigenvalue weighted by Crippen LogP contribution is -2.49. The van der Waals surface area contributed by atoms with Crippen molar-refractivity contribution in [3.63, 3.8) is 0 Å². The largest absolute Gasteiger partial charge is 0.418 e. The van der Waals surface area contributed by atoms with Crippen molar-refractivity contribution in [2.24, 2.45) is 0 Å². The van der Waals surface area contributed by atoms with Crippen LogP contribution < -0.4 is 10.1 Å². The van der Waals surface area contributed by atoms with Gasteiger partial charge in [-0.2, -0.15) is 8.78 Å². The van der Waals surface area contributed by atoms with Crippen LogP contribution in [0.5, 0.6) is 5.75 Å². The summed E-state index contributed by atoms with van der Waals surface area (Å²) in [6.07, 6.45) is -1.26. The van der Waals surface area contributed by atoms with Crippen LogP contribution in [0.3, 0.4) is 0 Å². The smallest absolute Gasteiger partial charge is 0.412 e. The zero-order valence-corrected chi connectivity index (χ0v) is 13.7. The minimum atomic E-state index is -2.32. The van der Waals surface area contributed by atoms with Crippen LogP contribution >= 0.6 is 0 Å². The average Bonchev–Trinajstić information content (AvgIpc) is 2.57. The molecule has 0 saturated carbocycles. The summed E-state index contributed by atoms with van der Waals surface area (Å²) in [4.78, 5) is 11.6. The van der Waals surface area contributed by atoms with E-state index in [0.29, 0.717) is 12.1 Å². The van der Waals surface area contributed by atoms with Crippen molar-refractivity contribution < 1.29 is 35.9 Å². The van der Waals surface area contributed by atoms with Crippen LogP contribution in [-0.2, 0) is 4.43 Å². The van der Waals surface area contributed by atoms with E-state index >= 15 is 0 Å². The van der Waals surface area contributed by atoms with Crippen molar-refractivity contribution in [2.45, 2.75) is 25.9 Å². The molecule has 1 N–H and O–H groups in total. The van der Waals surface area contributed by atoms with Gasteiger partial charge in [-0.1, -0.05) is 13.8 Å². The maximum Gasteiger partial charge on any atom is 0.412 e. The summed E-state index contributed by atoms with van der Waals surface area (Å²) in [5, 5.41) is 2.24. The fourth-order valence-electron chi connectivity index (χ4n) is 1.90. The molecule has 4 nitrogen and oxygen atoms in total. The van der Waals surface area contributed by atoms with Gasteiger partial charge in [-0.25, -0.2) is 18.0 Å². The van der Waals surface area contributed by atoms with E-state index in [0.717, 1.165) is 0 Å². The van der Waals surface area contributed by atoms with Crippen LogP contribution in [0.1, 0.15) is 13.8 Å². The molecule has 0 aromatic heterocycles. The topological polar surface area (TPSA) is 47.6 Å². The van der Waals surface area contributed by atoms with Gasteiger partial charge in [-0.15, -0.1) is 0 Å². The lowest BCUT2D eigenvalue weighted by molar-refractivity contribution is 0.194. The SMILES string of the molecule is CC[Si](CC)(CNC(=O)Oc1c(F)c(F)c(F)c(F)c1F)OC. The van der Waals surface area contributed by atoms with E-state index in [2.05, 4.69) is 10.1 Å². The Labute approximate surface area is 130 Å². The fourth-order valence-corrected chi connectivity index (χ4v) is 4.09. The highest BCUT2D eigenvalue weighted by Gasteiger charge is 2.32. The molecule has 10 heteroatoms. The molecule has 0 unspecified atom stereocenters. The Morgan fingerprint density at radius 1 is 0.957 bits per heavy atom. The third-order valence-electron chi connectivity index (χ3n) is 3.64. The predicted octanol–water partition coefficient (Wildman–Crippen LogP) is 3.64. The molecule has 0 radical (unpaired) electrons. The van der Waals surface area contributed by atoms with Crippen molar-refractivity contribution in [3.05, 3.63) is 29.1 Å². The molecule has 0 bridgehead atoms. The van der Waals surface area contributed by atoms with Crippen LogP contribution in [0.4, 0.5) is 26.7 Å². The molecule has 0 spiro atoms. The Bertz CT molecular complexity index is 558. The first-order valence-corrected chi connectivity index (χ1v) is 9.28. The quantitative estimate of drug-likeness (QED) is 0.366. The normalized spacial score (nSPS) is 11.5. The molecule has 1 amide bonds. The maximum absolute atomic E-state index is 13.4. The Morgan fingerprint density at radius 2 is 1.39 bits per heavy atom. The third kappa shape index (κ3) is 3.99. The Kier molecular flexibility index (Phi) is 6.51. The fraction of sp³-hybridized carbons (Fsp3) is 0.462. The Balaban J connectivity index is 2.91. The number of rotatable bonds is 6. The summed E-state index contributed by atoms with van der Waals surface area (Å²) in [6, 6.07) is 1.31. The van der Waals surface area contributed by atoms with E-state index in [9.17, 15) is 26.7 Å². The van der Waals surface area contributed by atoms with E-state index < -0.39 is 49.2 Å². The van der Waals surface area contributed by atoms with Gasteiger partial charge in [0.25, 0.3) is 0 Å². The zero-order chi connectivity index (χ0) is 17.8. The van der Waals surface area contributed by atoms with Crippen molar-refractivity contribution in [1.29, 1.82) is 0 Å². The highest BCUT2D eigenvalue weighted by molar-refractivity contribution is 6.74. The van der Waals surface area contributed by atoms with Crippen LogP contribution in [0.25, 0.3) is 0 Å². The minimum Gasteiger partial charge on any atom is -0.418 e. The molecule has 0 heterocycles. The third-order valence-corrected chi connectivity index (χ3v) is 7.91. The van der Waals surface area contributed by atoms with E-state index in [1.54, 1.807) is 0 Å². The summed E-state index contributed by atoms with van der Waals surface area (Å²) >= 11 is 0. The van der Waals surface area contributed by atoms with E-state index in [1.165, 1.54) is 7.11 Å². The number of ether oxygens (including phenoxy) is 1. The van der Waals surface area contributed by atoms with Gasteiger partial charge in [0.1, 0.15) is 0 Å². The van der Waals surface area contributed by atoms with Gasteiger partial charge < -0.3 is 14.5 Å². The van der Waals surface area contributed by atoms with Gasteiger partial charge in [0.2, 0.25) is 43.2 Å². The van der Waals surface area contributed by atoms with Crippen LogP contribution in [0, 0.1) is 29.1 Å². The molecular formula is C13H16F5NO3Si. The predicted molar refractivity (Wildman–Crippen MR) is 74.0 cm³/mol. The molecular weight excluding hydrogens is 341 g/mol. The highest BCUT2D eigenvalue weighted by atomic mass is 28.4. The lowest BCUT2D eigenvalue weighted by atomic mass is 10.3. The van der Waals surface area contributed by atoms with Crippen LogP contribution in [-0.4, -0.2) is 27.7 Å². The molecule has 1 rings (SSSR count). The number of amides is 1. The summed E-state index contributed by atoms with van der Waals surface area (Å²) in [7, 11) is -0.780. The van der Waals surface area contributed by atoms with Crippen LogP contribution in [0.15, 0.2) is 0 Å². The molecule has 1 aromatic carbocycles. The number of nitrogens with one attached hydrogen (secondary N) is 1. The summed E-state index contributed by atoms with van der Waals surface area (Å²) in [6.45, 7) is 3.71. The average molecular weight is 357 g/mol. The summed E-state index contributed by atoms with van der Waals surface area (Å²) < 4.78 is 75.3. The van der Waals surface area contributed by atoms with Gasteiger partial charge in [0.05, 0.1) is 0 Å². The minimum absolute atomic E-state index is 0.0741. The maximum atomic E-state index is 13.4. The highest BCUT2D eigenvalue weighted by Crippen LogP contribution is 2.29. The van der Waals surface area contributed by atoms with Crippen molar-refractivity contribution >= 4 is 14.4 Å².